The van der Waals surface area contributed by atoms with Crippen molar-refractivity contribution in [1.29, 1.82) is 0 Å². The van der Waals surface area contributed by atoms with E-state index in [1.165, 1.54) is 16.9 Å². The summed E-state index contributed by atoms with van der Waals surface area (Å²) < 4.78 is 0. The zero-order valence-electron chi connectivity index (χ0n) is 10.2. The lowest BCUT2D eigenvalue weighted by atomic mass is 10.1. The molecule has 15 heavy (non-hydrogen) atoms. The molecule has 1 rings (SSSR count). The lowest BCUT2D eigenvalue weighted by Crippen LogP contribution is -2.31. The summed E-state index contributed by atoms with van der Waals surface area (Å²) in [6, 6.07) is 2.69. The van der Waals surface area contributed by atoms with Crippen molar-refractivity contribution in [2.24, 2.45) is 0 Å². The number of hydrogen-bond donors (Lipinski definition) is 1. The third kappa shape index (κ3) is 3.93. The Kier molecular flexibility index (Phi) is 5.29. The van der Waals surface area contributed by atoms with Crippen molar-refractivity contribution in [1.82, 2.24) is 10.2 Å². The fourth-order valence-electron chi connectivity index (χ4n) is 1.67. The first-order chi connectivity index (χ1) is 7.15. The zero-order valence-corrected chi connectivity index (χ0v) is 11.0. The number of thiophene rings is 1. The third-order valence-electron chi connectivity index (χ3n) is 2.41. The van der Waals surface area contributed by atoms with Crippen molar-refractivity contribution in [3.8, 4) is 0 Å². The summed E-state index contributed by atoms with van der Waals surface area (Å²) in [5, 5.41) is 5.79. The standard InChI is InChI=1S/C12H22N2S/c1-5-7-13-11(9-14(3)4)12-10(2)6-8-15-12/h6,8,11,13H,5,7,9H2,1-4H3. The molecule has 1 atom stereocenters. The van der Waals surface area contributed by atoms with Crippen LogP contribution in [0.5, 0.6) is 0 Å². The molecule has 0 amide bonds. The van der Waals surface area contributed by atoms with Gasteiger partial charge in [-0.15, -0.1) is 11.3 Å². The van der Waals surface area contributed by atoms with Gasteiger partial charge < -0.3 is 10.2 Å². The molecule has 1 heterocycles. The minimum absolute atomic E-state index is 0.486. The highest BCUT2D eigenvalue weighted by Gasteiger charge is 2.14. The van der Waals surface area contributed by atoms with Crippen molar-refractivity contribution < 1.29 is 0 Å². The molecule has 0 aliphatic rings. The van der Waals surface area contributed by atoms with Gasteiger partial charge in [-0.25, -0.2) is 0 Å². The fourth-order valence-corrected chi connectivity index (χ4v) is 2.66. The molecule has 86 valence electrons. The van der Waals surface area contributed by atoms with Crippen molar-refractivity contribution in [2.45, 2.75) is 26.3 Å². The fraction of sp³-hybridized carbons (Fsp3) is 0.667. The number of nitrogens with zero attached hydrogens (tertiary/aromatic N) is 1. The molecule has 0 fully saturated rings. The summed E-state index contributed by atoms with van der Waals surface area (Å²) in [4.78, 5) is 3.73. The van der Waals surface area contributed by atoms with Crippen LogP contribution >= 0.6 is 11.3 Å². The van der Waals surface area contributed by atoms with Gasteiger partial charge >= 0.3 is 0 Å². The molecular weight excluding hydrogens is 204 g/mol. The molecule has 1 aromatic rings. The van der Waals surface area contributed by atoms with Gasteiger partial charge in [-0.1, -0.05) is 6.92 Å². The van der Waals surface area contributed by atoms with E-state index in [-0.39, 0.29) is 0 Å². The van der Waals surface area contributed by atoms with Crippen molar-refractivity contribution in [3.63, 3.8) is 0 Å². The van der Waals surface area contributed by atoms with Gasteiger partial charge in [0.25, 0.3) is 0 Å². The molecule has 0 aromatic carbocycles. The Morgan fingerprint density at radius 3 is 2.67 bits per heavy atom. The normalized spacial score (nSPS) is 13.4. The van der Waals surface area contributed by atoms with E-state index < -0.39 is 0 Å². The van der Waals surface area contributed by atoms with Gasteiger partial charge in [0.15, 0.2) is 0 Å². The average Bonchev–Trinajstić information content (AvgIpc) is 2.58. The maximum Gasteiger partial charge on any atom is 0.0546 e. The predicted octanol–water partition coefficient (Wildman–Crippen LogP) is 2.66. The molecule has 3 heteroatoms. The molecule has 1 N–H and O–H groups in total. The molecule has 1 unspecified atom stereocenters. The molecule has 1 aromatic heterocycles. The Hall–Kier alpha value is -0.380. The van der Waals surface area contributed by atoms with Crippen molar-refractivity contribution in [2.75, 3.05) is 27.2 Å². The van der Waals surface area contributed by atoms with Crippen LogP contribution in [0, 0.1) is 6.92 Å². The van der Waals surface area contributed by atoms with Gasteiger partial charge in [0.2, 0.25) is 0 Å². The summed E-state index contributed by atoms with van der Waals surface area (Å²) in [5.74, 6) is 0. The molecule has 0 aliphatic carbocycles. The SMILES string of the molecule is CCCNC(CN(C)C)c1sccc1C. The van der Waals surface area contributed by atoms with Crippen LogP contribution in [0.3, 0.4) is 0 Å². The van der Waals surface area contributed by atoms with Gasteiger partial charge in [-0.3, -0.25) is 0 Å². The van der Waals surface area contributed by atoms with E-state index in [0.29, 0.717) is 6.04 Å². The summed E-state index contributed by atoms with van der Waals surface area (Å²) in [6.07, 6.45) is 1.19. The Morgan fingerprint density at radius 1 is 1.47 bits per heavy atom. The molecule has 0 radical (unpaired) electrons. The van der Waals surface area contributed by atoms with Crippen LogP contribution in [-0.2, 0) is 0 Å². The maximum absolute atomic E-state index is 3.61. The molecule has 0 bridgehead atoms. The summed E-state index contributed by atoms with van der Waals surface area (Å²) in [6.45, 7) is 6.57. The van der Waals surface area contributed by atoms with E-state index in [1.807, 2.05) is 11.3 Å². The third-order valence-corrected chi connectivity index (χ3v) is 3.54. The average molecular weight is 226 g/mol. The van der Waals surface area contributed by atoms with Crippen LogP contribution in [0.2, 0.25) is 0 Å². The monoisotopic (exact) mass is 226 g/mol. The van der Waals surface area contributed by atoms with E-state index in [0.717, 1.165) is 13.1 Å². The van der Waals surface area contributed by atoms with Gasteiger partial charge in [-0.2, -0.15) is 0 Å². The van der Waals surface area contributed by atoms with Crippen molar-refractivity contribution in [3.05, 3.63) is 21.9 Å². The summed E-state index contributed by atoms with van der Waals surface area (Å²) in [7, 11) is 4.26. The number of rotatable bonds is 6. The highest BCUT2D eigenvalue weighted by atomic mass is 32.1. The van der Waals surface area contributed by atoms with Gasteiger partial charge in [0.05, 0.1) is 6.04 Å². The first kappa shape index (κ1) is 12.7. The smallest absolute Gasteiger partial charge is 0.0546 e. The van der Waals surface area contributed by atoms with Crippen LogP contribution in [0.1, 0.15) is 29.8 Å². The van der Waals surface area contributed by atoms with Gasteiger partial charge in [0, 0.05) is 11.4 Å². The van der Waals surface area contributed by atoms with E-state index in [4.69, 9.17) is 0 Å². The Labute approximate surface area is 97.3 Å². The molecule has 0 aliphatic heterocycles. The first-order valence-corrected chi connectivity index (χ1v) is 6.45. The highest BCUT2D eigenvalue weighted by Crippen LogP contribution is 2.24. The molecule has 0 saturated carbocycles. The Bertz CT molecular complexity index is 281. The topological polar surface area (TPSA) is 15.3 Å². The van der Waals surface area contributed by atoms with Gasteiger partial charge in [0.1, 0.15) is 0 Å². The highest BCUT2D eigenvalue weighted by molar-refractivity contribution is 7.10. The Morgan fingerprint density at radius 2 is 2.20 bits per heavy atom. The minimum atomic E-state index is 0.486. The number of aryl methyl sites for hydroxylation is 1. The number of nitrogens with one attached hydrogen (secondary N) is 1. The lowest BCUT2D eigenvalue weighted by Gasteiger charge is -2.22. The van der Waals surface area contributed by atoms with E-state index in [9.17, 15) is 0 Å². The second kappa shape index (κ2) is 6.26. The first-order valence-electron chi connectivity index (χ1n) is 5.57. The summed E-state index contributed by atoms with van der Waals surface area (Å²) >= 11 is 1.86. The molecule has 2 nitrogen and oxygen atoms in total. The van der Waals surface area contributed by atoms with Crippen LogP contribution in [0.4, 0.5) is 0 Å². The van der Waals surface area contributed by atoms with E-state index >= 15 is 0 Å². The van der Waals surface area contributed by atoms with Crippen LogP contribution in [0.15, 0.2) is 11.4 Å². The minimum Gasteiger partial charge on any atom is -0.308 e. The number of likely N-dealkylation sites (N-methyl/N-ethyl adjacent to an activating group) is 1. The quantitative estimate of drug-likeness (QED) is 0.802. The molecule has 0 saturated heterocycles. The Balaban J connectivity index is 2.67. The summed E-state index contributed by atoms with van der Waals surface area (Å²) in [5.41, 5.74) is 1.41. The lowest BCUT2D eigenvalue weighted by molar-refractivity contribution is 0.344. The predicted molar refractivity (Wildman–Crippen MR) is 68.6 cm³/mol. The van der Waals surface area contributed by atoms with Gasteiger partial charge in [-0.05, 0) is 51.0 Å². The zero-order chi connectivity index (χ0) is 11.3. The second-order valence-electron chi connectivity index (χ2n) is 4.24. The van der Waals surface area contributed by atoms with Crippen molar-refractivity contribution >= 4 is 11.3 Å². The van der Waals surface area contributed by atoms with E-state index in [1.54, 1.807) is 0 Å². The van der Waals surface area contributed by atoms with E-state index in [2.05, 4.69) is 49.6 Å². The second-order valence-corrected chi connectivity index (χ2v) is 5.18. The molecule has 0 spiro atoms. The number of hydrogen-bond acceptors (Lipinski definition) is 3. The molecular formula is C12H22N2S. The van der Waals surface area contributed by atoms with Crippen LogP contribution in [-0.4, -0.2) is 32.1 Å². The largest absolute Gasteiger partial charge is 0.308 e. The van der Waals surface area contributed by atoms with Crippen LogP contribution < -0.4 is 5.32 Å². The van der Waals surface area contributed by atoms with Crippen LogP contribution in [0.25, 0.3) is 0 Å². The maximum atomic E-state index is 3.61.